The zero-order valence-corrected chi connectivity index (χ0v) is 9.21. The van der Waals surface area contributed by atoms with Crippen molar-refractivity contribution >= 4 is 12.2 Å². The Morgan fingerprint density at radius 1 is 1.35 bits per heavy atom. The summed E-state index contributed by atoms with van der Waals surface area (Å²) in [6.45, 7) is 4.09. The van der Waals surface area contributed by atoms with Crippen molar-refractivity contribution in [2.24, 2.45) is 4.99 Å². The van der Waals surface area contributed by atoms with Crippen molar-refractivity contribution in [3.8, 4) is 5.75 Å². The van der Waals surface area contributed by atoms with Gasteiger partial charge in [0.15, 0.2) is 0 Å². The largest absolute Gasteiger partial charge is 0.490 e. The topological polar surface area (TPSA) is 63.2 Å². The Bertz CT molecular complexity index is 488. The predicted octanol–water partition coefficient (Wildman–Crippen LogP) is 2.12. The molecule has 1 aromatic carbocycles. The van der Waals surface area contributed by atoms with E-state index in [9.17, 15) is 0 Å². The van der Waals surface area contributed by atoms with Gasteiger partial charge in [0, 0.05) is 6.21 Å². The van der Waals surface area contributed by atoms with Crippen molar-refractivity contribution in [2.75, 3.05) is 6.61 Å². The van der Waals surface area contributed by atoms with Gasteiger partial charge in [-0.25, -0.2) is 4.99 Å². The third kappa shape index (κ3) is 3.27. The van der Waals surface area contributed by atoms with Crippen LogP contribution in [0.15, 0.2) is 48.2 Å². The minimum atomic E-state index is 0.414. The minimum absolute atomic E-state index is 0.414. The third-order valence-corrected chi connectivity index (χ3v) is 1.98. The molecular weight excluding hydrogens is 216 g/mol. The lowest BCUT2D eigenvalue weighted by Gasteiger charge is -2.02. The number of nitrogens with zero attached hydrogens (tertiary/aromatic N) is 3. The Kier molecular flexibility index (Phi) is 3.64. The van der Waals surface area contributed by atoms with Gasteiger partial charge in [0.1, 0.15) is 18.7 Å². The maximum atomic E-state index is 5.37. The van der Waals surface area contributed by atoms with Gasteiger partial charge >= 0.3 is 0 Å². The molecule has 1 heterocycles. The summed E-state index contributed by atoms with van der Waals surface area (Å²) in [4.78, 5) is 7.98. The van der Waals surface area contributed by atoms with E-state index in [-0.39, 0.29) is 0 Å². The number of hydrogen-bond donors (Lipinski definition) is 1. The zero-order valence-electron chi connectivity index (χ0n) is 9.21. The molecule has 2 rings (SSSR count). The first kappa shape index (κ1) is 11.1. The van der Waals surface area contributed by atoms with Crippen molar-refractivity contribution in [1.82, 2.24) is 15.2 Å². The van der Waals surface area contributed by atoms with E-state index < -0.39 is 0 Å². The summed E-state index contributed by atoms with van der Waals surface area (Å²) in [7, 11) is 0. The summed E-state index contributed by atoms with van der Waals surface area (Å²) in [5.41, 5.74) is 0.959. The van der Waals surface area contributed by atoms with Crippen LogP contribution >= 0.6 is 0 Å². The molecule has 17 heavy (non-hydrogen) atoms. The first-order valence-corrected chi connectivity index (χ1v) is 5.12. The molecular formula is C12H12N4O. The normalized spacial score (nSPS) is 10.6. The number of rotatable bonds is 5. The van der Waals surface area contributed by atoms with E-state index in [0.29, 0.717) is 12.6 Å². The van der Waals surface area contributed by atoms with E-state index in [1.165, 1.54) is 6.33 Å². The van der Waals surface area contributed by atoms with E-state index in [1.807, 2.05) is 24.3 Å². The van der Waals surface area contributed by atoms with Gasteiger partial charge in [-0.3, -0.25) is 5.10 Å². The Balaban J connectivity index is 2.00. The van der Waals surface area contributed by atoms with Crippen LogP contribution in [0.25, 0.3) is 0 Å². The van der Waals surface area contributed by atoms with Gasteiger partial charge < -0.3 is 4.74 Å². The van der Waals surface area contributed by atoms with Gasteiger partial charge in [-0.05, 0) is 29.8 Å². The maximum absolute atomic E-state index is 5.37. The first-order chi connectivity index (χ1) is 8.38. The molecule has 86 valence electrons. The minimum Gasteiger partial charge on any atom is -0.490 e. The average molecular weight is 228 g/mol. The van der Waals surface area contributed by atoms with E-state index >= 15 is 0 Å². The van der Waals surface area contributed by atoms with Crippen molar-refractivity contribution in [3.63, 3.8) is 0 Å². The monoisotopic (exact) mass is 228 g/mol. The summed E-state index contributed by atoms with van der Waals surface area (Å²) in [6, 6.07) is 7.58. The van der Waals surface area contributed by atoms with E-state index in [2.05, 4.69) is 26.8 Å². The van der Waals surface area contributed by atoms with Crippen LogP contribution in [0.5, 0.6) is 5.75 Å². The van der Waals surface area contributed by atoms with E-state index in [0.717, 1.165) is 11.3 Å². The summed E-state index contributed by atoms with van der Waals surface area (Å²) < 4.78 is 5.37. The lowest BCUT2D eigenvalue weighted by atomic mass is 10.2. The number of aromatic amines is 1. The van der Waals surface area contributed by atoms with Gasteiger partial charge in [-0.15, -0.1) is 5.10 Å². The number of ether oxygens (including phenoxy) is 1. The van der Waals surface area contributed by atoms with Crippen LogP contribution in [0.4, 0.5) is 5.95 Å². The summed E-state index contributed by atoms with van der Waals surface area (Å²) in [5, 5.41) is 6.41. The number of nitrogens with one attached hydrogen (secondary N) is 1. The molecule has 0 atom stereocenters. The van der Waals surface area contributed by atoms with Crippen LogP contribution in [-0.4, -0.2) is 28.0 Å². The fourth-order valence-electron chi connectivity index (χ4n) is 1.20. The van der Waals surface area contributed by atoms with Crippen LogP contribution in [0.2, 0.25) is 0 Å². The standard InChI is InChI=1S/C12H12N4O/c1-2-7-17-11-5-3-10(4-6-11)8-13-12-14-9-15-16-12/h2-6,8-9H,1,7H2,(H,14,15,16). The molecule has 0 aliphatic heterocycles. The first-order valence-electron chi connectivity index (χ1n) is 5.12. The molecule has 2 aromatic rings. The highest BCUT2D eigenvalue weighted by Gasteiger charge is 1.93. The smallest absolute Gasteiger partial charge is 0.267 e. The van der Waals surface area contributed by atoms with Gasteiger partial charge in [0.2, 0.25) is 0 Å². The van der Waals surface area contributed by atoms with Crippen LogP contribution < -0.4 is 4.74 Å². The second-order valence-corrected chi connectivity index (χ2v) is 3.23. The SMILES string of the molecule is C=CCOc1ccc(C=Nc2nc[nH]n2)cc1. The summed E-state index contributed by atoms with van der Waals surface area (Å²) >= 11 is 0. The Hall–Kier alpha value is -2.43. The number of aromatic nitrogens is 3. The van der Waals surface area contributed by atoms with Gasteiger partial charge in [-0.2, -0.15) is 4.98 Å². The van der Waals surface area contributed by atoms with Crippen molar-refractivity contribution in [1.29, 1.82) is 0 Å². The van der Waals surface area contributed by atoms with Gasteiger partial charge in [0.05, 0.1) is 0 Å². The van der Waals surface area contributed by atoms with E-state index in [4.69, 9.17) is 4.74 Å². The Morgan fingerprint density at radius 3 is 2.82 bits per heavy atom. The second-order valence-electron chi connectivity index (χ2n) is 3.23. The highest BCUT2D eigenvalue weighted by Crippen LogP contribution is 2.11. The molecule has 0 spiro atoms. The predicted molar refractivity (Wildman–Crippen MR) is 65.8 cm³/mol. The maximum Gasteiger partial charge on any atom is 0.267 e. The quantitative estimate of drug-likeness (QED) is 0.629. The molecule has 0 unspecified atom stereocenters. The third-order valence-electron chi connectivity index (χ3n) is 1.98. The number of hydrogen-bond acceptors (Lipinski definition) is 4. The molecule has 0 radical (unpaired) electrons. The summed E-state index contributed by atoms with van der Waals surface area (Å²) in [6.07, 6.45) is 4.89. The lowest BCUT2D eigenvalue weighted by molar-refractivity contribution is 0.363. The number of H-pyrrole nitrogens is 1. The molecule has 5 nitrogen and oxygen atoms in total. The summed E-state index contributed by atoms with van der Waals surface area (Å²) in [5.74, 6) is 1.22. The zero-order chi connectivity index (χ0) is 11.9. The number of aliphatic imine (C=N–C) groups is 1. The van der Waals surface area contributed by atoms with Crippen LogP contribution in [0.1, 0.15) is 5.56 Å². The molecule has 0 saturated carbocycles. The van der Waals surface area contributed by atoms with Crippen LogP contribution in [-0.2, 0) is 0 Å². The van der Waals surface area contributed by atoms with E-state index in [1.54, 1.807) is 12.3 Å². The van der Waals surface area contributed by atoms with Gasteiger partial charge in [0.25, 0.3) is 5.95 Å². The fraction of sp³-hybridized carbons (Fsp3) is 0.0833. The van der Waals surface area contributed by atoms with Crippen molar-refractivity contribution in [3.05, 3.63) is 48.8 Å². The molecule has 0 amide bonds. The van der Waals surface area contributed by atoms with Crippen molar-refractivity contribution in [2.45, 2.75) is 0 Å². The highest BCUT2D eigenvalue weighted by atomic mass is 16.5. The molecule has 0 aliphatic rings. The molecule has 0 saturated heterocycles. The molecule has 1 N–H and O–H groups in total. The Morgan fingerprint density at radius 2 is 2.18 bits per heavy atom. The highest BCUT2D eigenvalue weighted by molar-refractivity contribution is 5.81. The van der Waals surface area contributed by atoms with Crippen molar-refractivity contribution < 1.29 is 4.74 Å². The van der Waals surface area contributed by atoms with Crippen LogP contribution in [0, 0.1) is 0 Å². The molecule has 0 fully saturated rings. The molecule has 1 aromatic heterocycles. The Labute approximate surface area is 98.9 Å². The molecule has 5 heteroatoms. The lowest BCUT2D eigenvalue weighted by Crippen LogP contribution is -1.92. The second kappa shape index (κ2) is 5.60. The number of benzene rings is 1. The van der Waals surface area contributed by atoms with Gasteiger partial charge in [-0.1, -0.05) is 12.7 Å². The molecule has 0 bridgehead atoms. The molecule has 0 aliphatic carbocycles. The average Bonchev–Trinajstić information content (AvgIpc) is 2.88. The fourth-order valence-corrected chi connectivity index (χ4v) is 1.20. The van der Waals surface area contributed by atoms with Crippen LogP contribution in [0.3, 0.4) is 0 Å².